The highest BCUT2D eigenvalue weighted by molar-refractivity contribution is 4.62. The van der Waals surface area contributed by atoms with Gasteiger partial charge in [0.05, 0.1) is 0 Å². The van der Waals surface area contributed by atoms with Gasteiger partial charge in [0.15, 0.2) is 0 Å². The van der Waals surface area contributed by atoms with E-state index in [0.717, 1.165) is 0 Å². The van der Waals surface area contributed by atoms with E-state index in [1.54, 1.807) is 0 Å². The minimum absolute atomic E-state index is 0.473. The van der Waals surface area contributed by atoms with Crippen LogP contribution in [0.2, 0.25) is 0 Å². The minimum Gasteiger partial charge on any atom is -0.0654 e. The van der Waals surface area contributed by atoms with Crippen molar-refractivity contribution in [3.8, 4) is 0 Å². The monoisotopic (exact) mass is 280 g/mol. The molecule has 0 aliphatic rings. The first-order chi connectivity index (χ1) is 9.81. The molecule has 0 N–H and O–H groups in total. The van der Waals surface area contributed by atoms with Crippen molar-refractivity contribution in [2.75, 3.05) is 0 Å². The van der Waals surface area contributed by atoms with E-state index < -0.39 is 0 Å². The highest BCUT2D eigenvalue weighted by Crippen LogP contribution is 2.18. The highest BCUT2D eigenvalue weighted by Gasteiger charge is 2.02. The molecule has 0 aliphatic carbocycles. The van der Waals surface area contributed by atoms with Gasteiger partial charge in [-0.2, -0.15) is 0 Å². The van der Waals surface area contributed by atoms with Gasteiger partial charge in [-0.3, -0.25) is 0 Å². The molecule has 0 aromatic rings. The fraction of sp³-hybridized carbons (Fsp3) is 0.950. The maximum atomic E-state index is 6.20. The Morgan fingerprint density at radius 3 is 1.15 bits per heavy atom. The molecule has 0 heteroatoms. The van der Waals surface area contributed by atoms with Crippen LogP contribution in [0.4, 0.5) is 0 Å². The highest BCUT2D eigenvalue weighted by atomic mass is 14.1. The van der Waals surface area contributed by atoms with Crippen LogP contribution in [0, 0.1) is 12.8 Å². The quantitative estimate of drug-likeness (QED) is 0.255. The van der Waals surface area contributed by atoms with Crippen LogP contribution in [-0.2, 0) is 0 Å². The number of hydrogen-bond donors (Lipinski definition) is 0. The predicted molar refractivity (Wildman–Crippen MR) is 93.0 cm³/mol. The Morgan fingerprint density at radius 2 is 0.800 bits per heavy atom. The van der Waals surface area contributed by atoms with Gasteiger partial charge < -0.3 is 0 Å². The number of rotatable bonds is 16. The second-order valence-electron chi connectivity index (χ2n) is 6.58. The van der Waals surface area contributed by atoms with Gasteiger partial charge in [0.25, 0.3) is 0 Å². The molecule has 20 heavy (non-hydrogen) atoms. The van der Waals surface area contributed by atoms with Gasteiger partial charge in [-0.1, -0.05) is 117 Å². The van der Waals surface area contributed by atoms with Gasteiger partial charge in [0, 0.05) is 0 Å². The van der Waals surface area contributed by atoms with Crippen molar-refractivity contribution >= 4 is 0 Å². The zero-order valence-electron chi connectivity index (χ0n) is 14.5. The zero-order valence-corrected chi connectivity index (χ0v) is 14.5. The van der Waals surface area contributed by atoms with Crippen LogP contribution in [0.15, 0.2) is 0 Å². The third-order valence-corrected chi connectivity index (χ3v) is 4.36. The third kappa shape index (κ3) is 16.1. The van der Waals surface area contributed by atoms with Crippen LogP contribution in [0.25, 0.3) is 0 Å². The summed E-state index contributed by atoms with van der Waals surface area (Å²) in [7, 11) is 0. The zero-order chi connectivity index (χ0) is 14.9. The van der Waals surface area contributed by atoms with E-state index >= 15 is 0 Å². The van der Waals surface area contributed by atoms with Crippen molar-refractivity contribution in [1.29, 1.82) is 0 Å². The van der Waals surface area contributed by atoms with Crippen LogP contribution in [-0.4, -0.2) is 0 Å². The summed E-state index contributed by atoms with van der Waals surface area (Å²) < 4.78 is 0. The summed E-state index contributed by atoms with van der Waals surface area (Å²) in [4.78, 5) is 0. The molecule has 0 nitrogen and oxygen atoms in total. The molecule has 0 heterocycles. The first kappa shape index (κ1) is 20.0. The van der Waals surface area contributed by atoms with Gasteiger partial charge in [0.1, 0.15) is 0 Å². The molecule has 0 aromatic carbocycles. The molecule has 0 saturated heterocycles. The molecule has 0 bridgehead atoms. The van der Waals surface area contributed by atoms with Gasteiger partial charge in [-0.15, -0.1) is 0 Å². The normalized spacial score (nSPS) is 12.8. The second kappa shape index (κ2) is 17.1. The number of hydrogen-bond acceptors (Lipinski definition) is 0. The summed E-state index contributed by atoms with van der Waals surface area (Å²) in [5.41, 5.74) is 0. The third-order valence-electron chi connectivity index (χ3n) is 4.36. The average Bonchev–Trinajstić information content (AvgIpc) is 2.45. The first-order valence-corrected chi connectivity index (χ1v) is 9.56. The summed E-state index contributed by atoms with van der Waals surface area (Å²) in [6.45, 7) is 10.8. The lowest BCUT2D eigenvalue weighted by atomic mass is 9.96. The number of unbranched alkanes of at least 4 members (excludes halogenated alkanes) is 12. The van der Waals surface area contributed by atoms with Crippen LogP contribution in [0.5, 0.6) is 0 Å². The van der Waals surface area contributed by atoms with Gasteiger partial charge in [-0.25, -0.2) is 0 Å². The first-order valence-electron chi connectivity index (χ1n) is 9.56. The Balaban J connectivity index is 3.10. The molecule has 0 aromatic heterocycles. The van der Waals surface area contributed by atoms with E-state index in [4.69, 9.17) is 6.92 Å². The molecule has 1 atom stereocenters. The fourth-order valence-electron chi connectivity index (χ4n) is 2.87. The molecule has 0 spiro atoms. The molecule has 0 rings (SSSR count). The molecule has 0 amide bonds. The molecule has 0 saturated carbocycles. The fourth-order valence-corrected chi connectivity index (χ4v) is 2.87. The predicted octanol–water partition coefficient (Wildman–Crippen LogP) is 7.60. The maximum absolute atomic E-state index is 6.20. The van der Waals surface area contributed by atoms with E-state index in [-0.39, 0.29) is 0 Å². The summed E-state index contributed by atoms with van der Waals surface area (Å²) in [6, 6.07) is 0. The Bertz CT molecular complexity index is 161. The van der Waals surface area contributed by atoms with Crippen molar-refractivity contribution in [3.63, 3.8) is 0 Å². The van der Waals surface area contributed by atoms with Crippen molar-refractivity contribution in [1.82, 2.24) is 0 Å². The Morgan fingerprint density at radius 1 is 0.500 bits per heavy atom. The maximum Gasteiger partial charge on any atom is -0.0318 e. The van der Waals surface area contributed by atoms with Crippen molar-refractivity contribution in [2.45, 2.75) is 117 Å². The largest absolute Gasteiger partial charge is 0.0654 e. The van der Waals surface area contributed by atoms with E-state index in [1.165, 1.54) is 103 Å². The lowest BCUT2D eigenvalue weighted by Gasteiger charge is -2.10. The van der Waals surface area contributed by atoms with E-state index in [0.29, 0.717) is 5.92 Å². The molecular formula is C20H40. The lowest BCUT2D eigenvalue weighted by Crippen LogP contribution is -1.95. The van der Waals surface area contributed by atoms with Crippen LogP contribution in [0.3, 0.4) is 0 Å². The molecule has 1 unspecified atom stereocenters. The van der Waals surface area contributed by atoms with E-state index in [1.807, 2.05) is 0 Å². The Labute approximate surface area is 130 Å². The van der Waals surface area contributed by atoms with Crippen molar-refractivity contribution in [3.05, 3.63) is 6.92 Å². The van der Waals surface area contributed by atoms with Gasteiger partial charge >= 0.3 is 0 Å². The molecule has 0 fully saturated rings. The lowest BCUT2D eigenvalue weighted by molar-refractivity contribution is 0.462. The molecule has 120 valence electrons. The van der Waals surface area contributed by atoms with Crippen LogP contribution in [0.1, 0.15) is 117 Å². The second-order valence-corrected chi connectivity index (χ2v) is 6.58. The summed E-state index contributed by atoms with van der Waals surface area (Å²) in [5.74, 6) is 0.473. The van der Waals surface area contributed by atoms with E-state index in [2.05, 4.69) is 13.8 Å². The minimum atomic E-state index is 0.473. The summed E-state index contributed by atoms with van der Waals surface area (Å²) in [6.07, 6.45) is 22.1. The van der Waals surface area contributed by atoms with Crippen molar-refractivity contribution in [2.24, 2.45) is 5.92 Å². The standard InChI is InChI=1S/C20H40/c1-4-6-8-10-12-13-15-17-19-20(3)18-16-14-11-9-7-5-2/h3,20H,4-19H2,1-2H3. The summed E-state index contributed by atoms with van der Waals surface area (Å²) >= 11 is 0. The Kier molecular flexibility index (Phi) is 17.1. The topological polar surface area (TPSA) is 0 Å². The van der Waals surface area contributed by atoms with Crippen LogP contribution < -0.4 is 0 Å². The van der Waals surface area contributed by atoms with Crippen molar-refractivity contribution < 1.29 is 0 Å². The smallest absolute Gasteiger partial charge is 0.0318 e. The van der Waals surface area contributed by atoms with Crippen LogP contribution >= 0.6 is 0 Å². The van der Waals surface area contributed by atoms with Gasteiger partial charge in [-0.05, 0) is 12.8 Å². The molecule has 0 aliphatic heterocycles. The molecule has 2 radical (unpaired) electrons. The Hall–Kier alpha value is 0. The van der Waals surface area contributed by atoms with E-state index in [9.17, 15) is 0 Å². The summed E-state index contributed by atoms with van der Waals surface area (Å²) in [5, 5.41) is 0. The SMILES string of the molecule is [CH]C(CCCCCCCC)CCCCCCCCCC. The average molecular weight is 281 g/mol. The van der Waals surface area contributed by atoms with Gasteiger partial charge in [0.2, 0.25) is 0 Å². The molecular weight excluding hydrogens is 240 g/mol.